The summed E-state index contributed by atoms with van der Waals surface area (Å²) in [6.45, 7) is 5.01. The van der Waals surface area contributed by atoms with E-state index in [4.69, 9.17) is 0 Å². The minimum absolute atomic E-state index is 0.0922. The summed E-state index contributed by atoms with van der Waals surface area (Å²) >= 11 is 0. The third kappa shape index (κ3) is 4.29. The van der Waals surface area contributed by atoms with Crippen molar-refractivity contribution in [3.05, 3.63) is 7.05 Å². The highest BCUT2D eigenvalue weighted by Gasteiger charge is 2.16. The van der Waals surface area contributed by atoms with Crippen molar-refractivity contribution in [2.45, 2.75) is 13.3 Å². The number of nitrogens with zero attached hydrogens (tertiary/aromatic N) is 2. The van der Waals surface area contributed by atoms with Gasteiger partial charge in [-0.05, 0) is 13.1 Å². The van der Waals surface area contributed by atoms with E-state index in [0.717, 1.165) is 26.2 Å². The number of piperazine rings is 1. The van der Waals surface area contributed by atoms with Gasteiger partial charge in [-0.15, -0.1) is 0 Å². The lowest BCUT2D eigenvalue weighted by atomic mass is 10.3. The van der Waals surface area contributed by atoms with Crippen LogP contribution in [0.3, 0.4) is 0 Å². The Kier molecular flexibility index (Phi) is 4.55. The number of hydrogen-bond acceptors (Lipinski definition) is 3. The van der Waals surface area contributed by atoms with Crippen molar-refractivity contribution in [1.29, 1.82) is 0 Å². The second-order valence-electron chi connectivity index (χ2n) is 3.73. The molecule has 0 aromatic carbocycles. The molecule has 2 amide bonds. The molecule has 5 nitrogen and oxygen atoms in total. The van der Waals surface area contributed by atoms with E-state index in [2.05, 4.69) is 12.4 Å². The number of hydrogen-bond donors (Lipinski definition) is 1. The van der Waals surface area contributed by atoms with Crippen LogP contribution >= 0.6 is 0 Å². The molecule has 0 unspecified atom stereocenters. The summed E-state index contributed by atoms with van der Waals surface area (Å²) in [7, 11) is 3.82. The Labute approximate surface area is 90.4 Å². The maximum absolute atomic E-state index is 11.6. The molecule has 1 heterocycles. The van der Waals surface area contributed by atoms with Crippen LogP contribution in [0.4, 0.5) is 0 Å². The molecule has 86 valence electrons. The van der Waals surface area contributed by atoms with Gasteiger partial charge >= 0.3 is 0 Å². The van der Waals surface area contributed by atoms with E-state index in [-0.39, 0.29) is 11.8 Å². The Bertz CT molecular complexity index is 235. The van der Waals surface area contributed by atoms with Crippen LogP contribution in [-0.4, -0.2) is 54.3 Å². The van der Waals surface area contributed by atoms with Crippen LogP contribution in [0.15, 0.2) is 0 Å². The maximum atomic E-state index is 11.6. The van der Waals surface area contributed by atoms with Gasteiger partial charge in [0.25, 0.3) is 0 Å². The van der Waals surface area contributed by atoms with E-state index in [1.54, 1.807) is 0 Å². The summed E-state index contributed by atoms with van der Waals surface area (Å²) in [5, 5.41) is 2.62. The number of nitrogens with one attached hydrogen (secondary N) is 1. The van der Waals surface area contributed by atoms with E-state index in [1.807, 2.05) is 9.80 Å². The van der Waals surface area contributed by atoms with Gasteiger partial charge in [-0.25, -0.2) is 0 Å². The van der Waals surface area contributed by atoms with Gasteiger partial charge in [0.15, 0.2) is 0 Å². The number of rotatable bonds is 3. The van der Waals surface area contributed by atoms with E-state index >= 15 is 0 Å². The van der Waals surface area contributed by atoms with Crippen LogP contribution in [0, 0.1) is 7.05 Å². The lowest BCUT2D eigenvalue weighted by Crippen LogP contribution is -2.47. The highest BCUT2D eigenvalue weighted by atomic mass is 16.2. The van der Waals surface area contributed by atoms with Crippen molar-refractivity contribution in [1.82, 2.24) is 15.1 Å². The first-order valence-corrected chi connectivity index (χ1v) is 5.17. The molecule has 1 saturated heterocycles. The highest BCUT2D eigenvalue weighted by Crippen LogP contribution is 2.01. The molecule has 1 aliphatic rings. The molecule has 1 fully saturated rings. The van der Waals surface area contributed by atoms with Gasteiger partial charge in [0.1, 0.15) is 0 Å². The topological polar surface area (TPSA) is 52.6 Å². The molecule has 0 aliphatic carbocycles. The van der Waals surface area contributed by atoms with Crippen LogP contribution in [0.2, 0.25) is 0 Å². The molecule has 0 aromatic heterocycles. The summed E-state index contributed by atoms with van der Waals surface area (Å²) in [5.41, 5.74) is 0. The highest BCUT2D eigenvalue weighted by molar-refractivity contribution is 5.78. The van der Waals surface area contributed by atoms with Gasteiger partial charge < -0.3 is 15.1 Å². The van der Waals surface area contributed by atoms with Crippen LogP contribution in [-0.2, 0) is 9.59 Å². The van der Waals surface area contributed by atoms with Crippen LogP contribution in [0.25, 0.3) is 0 Å². The Balaban J connectivity index is 2.19. The zero-order valence-corrected chi connectivity index (χ0v) is 9.16. The molecular formula is C10H18N3O2-. The van der Waals surface area contributed by atoms with Gasteiger partial charge in [-0.1, -0.05) is 0 Å². The third-order valence-corrected chi connectivity index (χ3v) is 2.44. The van der Waals surface area contributed by atoms with Crippen molar-refractivity contribution in [3.63, 3.8) is 0 Å². The fraction of sp³-hybridized carbons (Fsp3) is 0.700. The van der Waals surface area contributed by atoms with Crippen molar-refractivity contribution in [3.8, 4) is 0 Å². The molecule has 0 radical (unpaired) electrons. The fourth-order valence-electron chi connectivity index (χ4n) is 1.50. The lowest BCUT2D eigenvalue weighted by molar-refractivity contribution is -0.132. The summed E-state index contributed by atoms with van der Waals surface area (Å²) in [6, 6.07) is 0. The van der Waals surface area contributed by atoms with Crippen molar-refractivity contribution >= 4 is 11.8 Å². The lowest BCUT2D eigenvalue weighted by Gasteiger charge is -2.37. The molecule has 15 heavy (non-hydrogen) atoms. The summed E-state index contributed by atoms with van der Waals surface area (Å²) < 4.78 is 0. The zero-order chi connectivity index (χ0) is 11.3. The smallest absolute Gasteiger partial charge is 0.224 e. The van der Waals surface area contributed by atoms with Gasteiger partial charge in [-0.2, -0.15) is 0 Å². The SMILES string of the molecule is [CH2-]N1CCN(C(=O)CCNC(C)=O)CC1. The average molecular weight is 212 g/mol. The molecule has 1 rings (SSSR count). The molecule has 1 aliphatic heterocycles. The molecule has 5 heteroatoms. The zero-order valence-electron chi connectivity index (χ0n) is 9.16. The Morgan fingerprint density at radius 2 is 1.87 bits per heavy atom. The molecule has 0 spiro atoms. The van der Waals surface area contributed by atoms with Gasteiger partial charge in [-0.3, -0.25) is 16.6 Å². The van der Waals surface area contributed by atoms with E-state index in [1.165, 1.54) is 6.92 Å². The van der Waals surface area contributed by atoms with Crippen molar-refractivity contribution in [2.75, 3.05) is 32.7 Å². The first-order valence-electron chi connectivity index (χ1n) is 5.17. The first kappa shape index (κ1) is 12.0. The van der Waals surface area contributed by atoms with Crippen molar-refractivity contribution in [2.24, 2.45) is 0 Å². The number of carbonyl (C=O) groups is 2. The minimum Gasteiger partial charge on any atom is -0.456 e. The van der Waals surface area contributed by atoms with Gasteiger partial charge in [0.2, 0.25) is 11.8 Å². The molecule has 0 aromatic rings. The largest absolute Gasteiger partial charge is 0.456 e. The second kappa shape index (κ2) is 5.70. The van der Waals surface area contributed by atoms with E-state index in [0.29, 0.717) is 13.0 Å². The molecule has 1 N–H and O–H groups in total. The Hall–Kier alpha value is -1.10. The predicted octanol–water partition coefficient (Wildman–Crippen LogP) is -0.552. The molecule has 0 saturated carbocycles. The quantitative estimate of drug-likeness (QED) is 0.639. The van der Waals surface area contributed by atoms with E-state index in [9.17, 15) is 9.59 Å². The first-order chi connectivity index (χ1) is 7.09. The molecule has 0 atom stereocenters. The molecule has 0 bridgehead atoms. The number of amides is 2. The summed E-state index contributed by atoms with van der Waals surface area (Å²) in [5.74, 6) is 0.0160. The maximum Gasteiger partial charge on any atom is 0.224 e. The minimum atomic E-state index is -0.0922. The standard InChI is InChI=1S/C10H18N3O2/c1-9(14)11-4-3-10(15)13-7-5-12(2)6-8-13/h2-8H2,1H3,(H,11,14)/q-1. The van der Waals surface area contributed by atoms with Crippen molar-refractivity contribution < 1.29 is 9.59 Å². The monoisotopic (exact) mass is 212 g/mol. The Morgan fingerprint density at radius 3 is 2.40 bits per heavy atom. The predicted molar refractivity (Wildman–Crippen MR) is 56.8 cm³/mol. The summed E-state index contributed by atoms with van der Waals surface area (Å²) in [4.78, 5) is 26.0. The van der Waals surface area contributed by atoms with Crippen LogP contribution < -0.4 is 5.32 Å². The Morgan fingerprint density at radius 1 is 1.27 bits per heavy atom. The van der Waals surface area contributed by atoms with Gasteiger partial charge in [0.05, 0.1) is 0 Å². The molecular weight excluding hydrogens is 194 g/mol. The average Bonchev–Trinajstić information content (AvgIpc) is 2.18. The second-order valence-corrected chi connectivity index (χ2v) is 3.73. The van der Waals surface area contributed by atoms with Crippen LogP contribution in [0.5, 0.6) is 0 Å². The number of carbonyl (C=O) groups excluding carboxylic acids is 2. The van der Waals surface area contributed by atoms with E-state index < -0.39 is 0 Å². The van der Waals surface area contributed by atoms with Gasteiger partial charge in [0, 0.05) is 33.0 Å². The normalized spacial score (nSPS) is 17.6. The third-order valence-electron chi connectivity index (χ3n) is 2.44. The fourth-order valence-corrected chi connectivity index (χ4v) is 1.50. The summed E-state index contributed by atoms with van der Waals surface area (Å²) in [6.07, 6.45) is 0.386. The van der Waals surface area contributed by atoms with Crippen LogP contribution in [0.1, 0.15) is 13.3 Å².